The summed E-state index contributed by atoms with van der Waals surface area (Å²) in [6, 6.07) is 0. The summed E-state index contributed by atoms with van der Waals surface area (Å²) in [4.78, 5) is 11.4. The molecule has 0 bridgehead atoms. The highest BCUT2D eigenvalue weighted by atomic mass is 16.1. The van der Waals surface area contributed by atoms with Crippen LogP contribution in [0.3, 0.4) is 0 Å². The van der Waals surface area contributed by atoms with E-state index in [9.17, 15) is 4.79 Å². The molecular weight excluding hydrogens is 196 g/mol. The first-order chi connectivity index (χ1) is 7.52. The molecule has 0 aliphatic heterocycles. The highest BCUT2D eigenvalue weighted by molar-refractivity contribution is 5.78. The van der Waals surface area contributed by atoms with Gasteiger partial charge in [0, 0.05) is 12.8 Å². The van der Waals surface area contributed by atoms with Crippen LogP contribution in [0.1, 0.15) is 85.5 Å². The molecule has 96 valence electrons. The molecule has 0 fully saturated rings. The molecule has 16 heavy (non-hydrogen) atoms. The van der Waals surface area contributed by atoms with E-state index in [1.54, 1.807) is 0 Å². The number of carbonyl (C=O) groups is 1. The fourth-order valence-electron chi connectivity index (χ4n) is 2.13. The number of carbonyl (C=O) groups excluding carboxylic acids is 1. The molecule has 0 unspecified atom stereocenters. The molecule has 0 saturated heterocycles. The van der Waals surface area contributed by atoms with Gasteiger partial charge in [0.1, 0.15) is 5.78 Å². The van der Waals surface area contributed by atoms with E-state index in [2.05, 4.69) is 20.8 Å². The molecule has 0 aromatic heterocycles. The quantitative estimate of drug-likeness (QED) is 0.472. The molecule has 1 heteroatoms. The monoisotopic (exact) mass is 226 g/mol. The van der Waals surface area contributed by atoms with Crippen LogP contribution < -0.4 is 0 Å². The predicted molar refractivity (Wildman–Crippen MR) is 71.7 cm³/mol. The third-order valence-electron chi connectivity index (χ3n) is 3.28. The molecule has 0 spiro atoms. The predicted octanol–water partition coefficient (Wildman–Crippen LogP) is 5.13. The Bertz CT molecular complexity index is 182. The molecule has 0 N–H and O–H groups in total. The lowest BCUT2D eigenvalue weighted by Gasteiger charge is -2.23. The Labute approximate surface area is 102 Å². The first-order valence-electron chi connectivity index (χ1n) is 7.03. The van der Waals surface area contributed by atoms with Crippen LogP contribution in [-0.4, -0.2) is 5.78 Å². The number of Topliss-reactive ketones (excluding diaryl/α,β-unsaturated/α-hetero) is 1. The lowest BCUT2D eigenvalue weighted by molar-refractivity contribution is -0.120. The number of rotatable bonds is 10. The average Bonchev–Trinajstić information content (AvgIpc) is 2.22. The molecule has 0 atom stereocenters. The minimum atomic E-state index is 0.220. The molecule has 0 radical (unpaired) electrons. The molecule has 0 aliphatic carbocycles. The van der Waals surface area contributed by atoms with E-state index in [0.717, 1.165) is 6.42 Å². The summed E-state index contributed by atoms with van der Waals surface area (Å²) in [5, 5.41) is 0. The SMILES string of the molecule is CCCCCCCCC(C)(C)CC(=O)CC. The molecule has 0 aromatic carbocycles. The van der Waals surface area contributed by atoms with E-state index < -0.39 is 0 Å². The van der Waals surface area contributed by atoms with Gasteiger partial charge in [0.2, 0.25) is 0 Å². The Hall–Kier alpha value is -0.330. The van der Waals surface area contributed by atoms with Crippen LogP contribution in [0.4, 0.5) is 0 Å². The maximum Gasteiger partial charge on any atom is 0.133 e. The Morgan fingerprint density at radius 1 is 0.938 bits per heavy atom. The van der Waals surface area contributed by atoms with Crippen molar-refractivity contribution in [1.82, 2.24) is 0 Å². The summed E-state index contributed by atoms with van der Waals surface area (Å²) < 4.78 is 0. The van der Waals surface area contributed by atoms with Crippen LogP contribution in [0.15, 0.2) is 0 Å². The third kappa shape index (κ3) is 8.94. The summed E-state index contributed by atoms with van der Waals surface area (Å²) in [6.07, 6.45) is 10.7. The van der Waals surface area contributed by atoms with Crippen LogP contribution >= 0.6 is 0 Å². The topological polar surface area (TPSA) is 17.1 Å². The second kappa shape index (κ2) is 8.78. The molecule has 0 saturated carbocycles. The summed E-state index contributed by atoms with van der Waals surface area (Å²) >= 11 is 0. The van der Waals surface area contributed by atoms with E-state index in [1.165, 1.54) is 44.9 Å². The summed E-state index contributed by atoms with van der Waals surface area (Å²) in [7, 11) is 0. The zero-order valence-electron chi connectivity index (χ0n) is 11.8. The van der Waals surface area contributed by atoms with Gasteiger partial charge in [-0.3, -0.25) is 4.79 Å². The number of ketones is 1. The fourth-order valence-corrected chi connectivity index (χ4v) is 2.13. The van der Waals surface area contributed by atoms with Gasteiger partial charge in [0.15, 0.2) is 0 Å². The van der Waals surface area contributed by atoms with E-state index in [0.29, 0.717) is 12.2 Å². The van der Waals surface area contributed by atoms with E-state index in [1.807, 2.05) is 6.92 Å². The van der Waals surface area contributed by atoms with E-state index in [-0.39, 0.29) is 5.41 Å². The maximum absolute atomic E-state index is 11.4. The van der Waals surface area contributed by atoms with Crippen molar-refractivity contribution in [2.75, 3.05) is 0 Å². The maximum atomic E-state index is 11.4. The number of unbranched alkanes of at least 4 members (excludes halogenated alkanes) is 5. The van der Waals surface area contributed by atoms with Crippen LogP contribution in [0.5, 0.6) is 0 Å². The number of hydrogen-bond donors (Lipinski definition) is 0. The molecule has 0 aliphatic rings. The van der Waals surface area contributed by atoms with Gasteiger partial charge in [-0.25, -0.2) is 0 Å². The standard InChI is InChI=1S/C15H30O/c1-5-7-8-9-10-11-12-15(3,4)13-14(16)6-2/h5-13H2,1-4H3. The molecule has 0 amide bonds. The largest absolute Gasteiger partial charge is 0.300 e. The lowest BCUT2D eigenvalue weighted by atomic mass is 9.81. The molecule has 1 nitrogen and oxygen atoms in total. The van der Waals surface area contributed by atoms with Gasteiger partial charge in [-0.05, 0) is 11.8 Å². The first-order valence-corrected chi connectivity index (χ1v) is 7.03. The van der Waals surface area contributed by atoms with Gasteiger partial charge < -0.3 is 0 Å². The molecule has 0 rings (SSSR count). The summed E-state index contributed by atoms with van der Waals surface area (Å²) in [5.74, 6) is 0.413. The minimum absolute atomic E-state index is 0.220. The van der Waals surface area contributed by atoms with Crippen molar-refractivity contribution in [2.45, 2.75) is 85.5 Å². The minimum Gasteiger partial charge on any atom is -0.300 e. The van der Waals surface area contributed by atoms with Crippen molar-refractivity contribution in [3.8, 4) is 0 Å². The third-order valence-corrected chi connectivity index (χ3v) is 3.28. The lowest BCUT2D eigenvalue weighted by Crippen LogP contribution is -2.16. The first kappa shape index (κ1) is 15.7. The Kier molecular flexibility index (Phi) is 8.60. The fraction of sp³-hybridized carbons (Fsp3) is 0.933. The van der Waals surface area contributed by atoms with Crippen molar-refractivity contribution >= 4 is 5.78 Å². The van der Waals surface area contributed by atoms with Gasteiger partial charge in [0.25, 0.3) is 0 Å². The van der Waals surface area contributed by atoms with Crippen molar-refractivity contribution in [3.05, 3.63) is 0 Å². The van der Waals surface area contributed by atoms with Crippen molar-refractivity contribution in [1.29, 1.82) is 0 Å². The van der Waals surface area contributed by atoms with Crippen molar-refractivity contribution in [2.24, 2.45) is 5.41 Å². The zero-order valence-corrected chi connectivity index (χ0v) is 11.8. The normalized spacial score (nSPS) is 11.8. The van der Waals surface area contributed by atoms with Gasteiger partial charge in [-0.1, -0.05) is 66.2 Å². The molecule has 0 aromatic rings. The molecule has 0 heterocycles. The van der Waals surface area contributed by atoms with Crippen LogP contribution in [0, 0.1) is 5.41 Å². The van der Waals surface area contributed by atoms with Crippen molar-refractivity contribution in [3.63, 3.8) is 0 Å². The number of hydrogen-bond acceptors (Lipinski definition) is 1. The Balaban J connectivity index is 3.54. The summed E-state index contributed by atoms with van der Waals surface area (Å²) in [6.45, 7) is 8.67. The Morgan fingerprint density at radius 3 is 2.06 bits per heavy atom. The highest BCUT2D eigenvalue weighted by Crippen LogP contribution is 2.28. The van der Waals surface area contributed by atoms with Crippen LogP contribution in [-0.2, 0) is 4.79 Å². The average molecular weight is 226 g/mol. The molecular formula is C15H30O. The summed E-state index contributed by atoms with van der Waals surface area (Å²) in [5.41, 5.74) is 0.220. The second-order valence-corrected chi connectivity index (χ2v) is 5.75. The van der Waals surface area contributed by atoms with Gasteiger partial charge in [-0.15, -0.1) is 0 Å². The van der Waals surface area contributed by atoms with Gasteiger partial charge >= 0.3 is 0 Å². The van der Waals surface area contributed by atoms with E-state index in [4.69, 9.17) is 0 Å². The highest BCUT2D eigenvalue weighted by Gasteiger charge is 2.20. The van der Waals surface area contributed by atoms with Gasteiger partial charge in [-0.2, -0.15) is 0 Å². The van der Waals surface area contributed by atoms with Crippen molar-refractivity contribution < 1.29 is 4.79 Å². The smallest absolute Gasteiger partial charge is 0.133 e. The second-order valence-electron chi connectivity index (χ2n) is 5.75. The van der Waals surface area contributed by atoms with Crippen LogP contribution in [0.2, 0.25) is 0 Å². The van der Waals surface area contributed by atoms with Gasteiger partial charge in [0.05, 0.1) is 0 Å². The zero-order chi connectivity index (χ0) is 12.4. The van der Waals surface area contributed by atoms with Crippen LogP contribution in [0.25, 0.3) is 0 Å². The van der Waals surface area contributed by atoms with E-state index >= 15 is 0 Å². The Morgan fingerprint density at radius 2 is 1.50 bits per heavy atom.